The normalized spacial score (nSPS) is 11.2. The second-order valence-electron chi connectivity index (χ2n) is 3.57. The van der Waals surface area contributed by atoms with Crippen LogP contribution in [0.3, 0.4) is 0 Å². The number of carbonyl (C=O) groups is 1. The minimum Gasteiger partial charge on any atom is -0.405 e. The van der Waals surface area contributed by atoms with Gasteiger partial charge in [-0.15, -0.1) is 13.2 Å². The highest BCUT2D eigenvalue weighted by Gasteiger charge is 2.31. The second-order valence-corrected chi connectivity index (χ2v) is 3.57. The molecule has 1 rings (SSSR count). The molecule has 4 nitrogen and oxygen atoms in total. The molecule has 0 heterocycles. The first kappa shape index (κ1) is 15.3. The smallest absolute Gasteiger partial charge is 0.405 e. The van der Waals surface area contributed by atoms with Gasteiger partial charge in [0.05, 0.1) is 0 Å². The molecule has 0 aliphatic carbocycles. The van der Waals surface area contributed by atoms with Crippen molar-refractivity contribution in [3.05, 3.63) is 29.8 Å². The quantitative estimate of drug-likeness (QED) is 0.867. The highest BCUT2D eigenvalue weighted by Crippen LogP contribution is 2.25. The average molecular weight is 277 g/mol. The van der Waals surface area contributed by atoms with E-state index < -0.39 is 12.3 Å². The minimum absolute atomic E-state index is 0.0574. The van der Waals surface area contributed by atoms with Gasteiger partial charge in [0, 0.05) is 18.7 Å². The van der Waals surface area contributed by atoms with Gasteiger partial charge in [-0.25, -0.2) is 0 Å². The molecule has 1 amide bonds. The number of para-hydroxylation sites is 1. The van der Waals surface area contributed by atoms with Gasteiger partial charge in [0.2, 0.25) is 5.91 Å². The Labute approximate surface area is 108 Å². The molecule has 0 saturated heterocycles. The second kappa shape index (κ2) is 6.98. The van der Waals surface area contributed by atoms with Crippen LogP contribution in [0, 0.1) is 0 Å². The first-order valence-corrected chi connectivity index (χ1v) is 5.60. The van der Waals surface area contributed by atoms with Gasteiger partial charge in [-0.3, -0.25) is 4.79 Å². The molecule has 0 aliphatic heterocycles. The van der Waals surface area contributed by atoms with Crippen LogP contribution in [0.5, 0.6) is 5.75 Å². The van der Waals surface area contributed by atoms with Crippen LogP contribution < -0.4 is 10.1 Å². The number of ether oxygens (including phenoxy) is 2. The zero-order valence-electron chi connectivity index (χ0n) is 10.3. The molecule has 7 heteroatoms. The van der Waals surface area contributed by atoms with E-state index in [0.717, 1.165) is 0 Å². The predicted octanol–water partition coefficient (Wildman–Crippen LogP) is 2.24. The minimum atomic E-state index is -4.76. The van der Waals surface area contributed by atoms with Crippen molar-refractivity contribution in [3.63, 3.8) is 0 Å². The van der Waals surface area contributed by atoms with Crippen molar-refractivity contribution in [2.24, 2.45) is 0 Å². The number of halogens is 3. The van der Waals surface area contributed by atoms with Gasteiger partial charge in [0.1, 0.15) is 12.4 Å². The molecule has 0 aliphatic rings. The Morgan fingerprint density at radius 1 is 1.32 bits per heavy atom. The van der Waals surface area contributed by atoms with Crippen LogP contribution in [-0.2, 0) is 16.1 Å². The molecule has 0 bridgehead atoms. The van der Waals surface area contributed by atoms with E-state index in [4.69, 9.17) is 4.74 Å². The highest BCUT2D eigenvalue weighted by molar-refractivity contribution is 5.77. The number of hydrogen-bond acceptors (Lipinski definition) is 3. The lowest BCUT2D eigenvalue weighted by molar-refractivity contribution is -0.274. The van der Waals surface area contributed by atoms with Crippen molar-refractivity contribution in [2.75, 3.05) is 13.2 Å². The van der Waals surface area contributed by atoms with Crippen molar-refractivity contribution in [2.45, 2.75) is 19.8 Å². The maximum absolute atomic E-state index is 12.2. The van der Waals surface area contributed by atoms with Crippen LogP contribution in [0.15, 0.2) is 24.3 Å². The van der Waals surface area contributed by atoms with Crippen molar-refractivity contribution in [3.8, 4) is 5.75 Å². The molecular formula is C12H14F3NO3. The molecule has 0 aromatic heterocycles. The van der Waals surface area contributed by atoms with Crippen molar-refractivity contribution in [1.29, 1.82) is 0 Å². The lowest BCUT2D eigenvalue weighted by atomic mass is 10.2. The van der Waals surface area contributed by atoms with E-state index in [1.165, 1.54) is 18.2 Å². The summed E-state index contributed by atoms with van der Waals surface area (Å²) in [5.74, 6) is -0.727. The lowest BCUT2D eigenvalue weighted by Gasteiger charge is -2.13. The van der Waals surface area contributed by atoms with Gasteiger partial charge >= 0.3 is 6.36 Å². The Balaban J connectivity index is 2.60. The van der Waals surface area contributed by atoms with E-state index in [-0.39, 0.29) is 24.5 Å². The number of amides is 1. The summed E-state index contributed by atoms with van der Waals surface area (Å²) in [5.41, 5.74) is 0.240. The van der Waals surface area contributed by atoms with Crippen molar-refractivity contribution >= 4 is 5.91 Å². The summed E-state index contributed by atoms with van der Waals surface area (Å²) in [6.07, 6.45) is -4.76. The van der Waals surface area contributed by atoms with E-state index in [1.54, 1.807) is 13.0 Å². The highest BCUT2D eigenvalue weighted by atomic mass is 19.4. The number of benzene rings is 1. The predicted molar refractivity (Wildman–Crippen MR) is 61.5 cm³/mol. The summed E-state index contributed by atoms with van der Waals surface area (Å²) in [5, 5.41) is 2.45. The molecule has 0 unspecified atom stereocenters. The van der Waals surface area contributed by atoms with Crippen LogP contribution in [0.25, 0.3) is 0 Å². The molecule has 106 valence electrons. The molecule has 1 aromatic carbocycles. The Kier molecular flexibility index (Phi) is 5.62. The Morgan fingerprint density at radius 3 is 2.63 bits per heavy atom. The summed E-state index contributed by atoms with van der Waals surface area (Å²) in [7, 11) is 0. The van der Waals surface area contributed by atoms with Crippen LogP contribution in [0.4, 0.5) is 13.2 Å². The van der Waals surface area contributed by atoms with Crippen molar-refractivity contribution < 1.29 is 27.4 Å². The first-order chi connectivity index (χ1) is 8.92. The SMILES string of the molecule is CCOCC(=O)NCc1ccccc1OC(F)(F)F. The van der Waals surface area contributed by atoms with Gasteiger partial charge in [-0.1, -0.05) is 18.2 Å². The van der Waals surface area contributed by atoms with Crippen LogP contribution in [-0.4, -0.2) is 25.5 Å². The van der Waals surface area contributed by atoms with E-state index in [9.17, 15) is 18.0 Å². The Bertz CT molecular complexity index is 421. The number of alkyl halides is 3. The largest absolute Gasteiger partial charge is 0.573 e. The van der Waals surface area contributed by atoms with Gasteiger partial charge in [-0.05, 0) is 13.0 Å². The maximum Gasteiger partial charge on any atom is 0.573 e. The van der Waals surface area contributed by atoms with Gasteiger partial charge < -0.3 is 14.8 Å². The summed E-state index contributed by atoms with van der Waals surface area (Å²) in [6, 6.07) is 5.62. The van der Waals surface area contributed by atoms with Crippen LogP contribution in [0.2, 0.25) is 0 Å². The van der Waals surface area contributed by atoms with Crippen molar-refractivity contribution in [1.82, 2.24) is 5.32 Å². The zero-order valence-corrected chi connectivity index (χ0v) is 10.3. The van der Waals surface area contributed by atoms with E-state index in [1.807, 2.05) is 0 Å². The molecular weight excluding hydrogens is 263 g/mol. The first-order valence-electron chi connectivity index (χ1n) is 5.60. The third kappa shape index (κ3) is 6.10. The van der Waals surface area contributed by atoms with Crippen LogP contribution >= 0.6 is 0 Å². The third-order valence-electron chi connectivity index (χ3n) is 2.11. The topological polar surface area (TPSA) is 47.6 Å². The molecule has 0 atom stereocenters. The zero-order chi connectivity index (χ0) is 14.3. The number of rotatable bonds is 6. The summed E-state index contributed by atoms with van der Waals surface area (Å²) < 4.78 is 45.2. The fourth-order valence-electron chi connectivity index (χ4n) is 1.31. The molecule has 0 spiro atoms. The number of carbonyl (C=O) groups excluding carboxylic acids is 1. The van der Waals surface area contributed by atoms with Gasteiger partial charge in [0.15, 0.2) is 0 Å². The van der Waals surface area contributed by atoms with Gasteiger partial charge in [-0.2, -0.15) is 0 Å². The third-order valence-corrected chi connectivity index (χ3v) is 2.11. The molecule has 0 radical (unpaired) electrons. The van der Waals surface area contributed by atoms with Crippen LogP contribution in [0.1, 0.15) is 12.5 Å². The number of hydrogen-bond donors (Lipinski definition) is 1. The standard InChI is InChI=1S/C12H14F3NO3/c1-2-18-8-11(17)16-7-9-5-3-4-6-10(9)19-12(13,14)15/h3-6H,2,7-8H2,1H3,(H,16,17). The Hall–Kier alpha value is -1.76. The maximum atomic E-state index is 12.2. The van der Waals surface area contributed by atoms with E-state index in [0.29, 0.717) is 6.61 Å². The van der Waals surface area contributed by atoms with E-state index in [2.05, 4.69) is 10.1 Å². The van der Waals surface area contributed by atoms with E-state index >= 15 is 0 Å². The fourth-order valence-corrected chi connectivity index (χ4v) is 1.31. The fraction of sp³-hybridized carbons (Fsp3) is 0.417. The summed E-state index contributed by atoms with van der Waals surface area (Å²) in [6.45, 7) is 1.94. The molecule has 1 N–H and O–H groups in total. The monoisotopic (exact) mass is 277 g/mol. The molecule has 1 aromatic rings. The molecule has 0 saturated carbocycles. The summed E-state index contributed by atoms with van der Waals surface area (Å²) >= 11 is 0. The Morgan fingerprint density at radius 2 is 2.00 bits per heavy atom. The average Bonchev–Trinajstić information content (AvgIpc) is 2.33. The molecule has 0 fully saturated rings. The summed E-state index contributed by atoms with van der Waals surface area (Å²) in [4.78, 5) is 11.3. The lowest BCUT2D eigenvalue weighted by Crippen LogP contribution is -2.27. The van der Waals surface area contributed by atoms with Gasteiger partial charge in [0.25, 0.3) is 0 Å². The number of nitrogens with one attached hydrogen (secondary N) is 1. The molecule has 19 heavy (non-hydrogen) atoms.